The lowest BCUT2D eigenvalue weighted by Gasteiger charge is -2.22. The number of nitrogens with zero attached hydrogens (tertiary/aromatic N) is 2. The number of nitrogens with one attached hydrogen (secondary N) is 1. The molecule has 33 heavy (non-hydrogen) atoms. The molecule has 0 fully saturated rings. The molecule has 7 nitrogen and oxygen atoms in total. The minimum atomic E-state index is 0.151. The van der Waals surface area contributed by atoms with Crippen LogP contribution in [0.25, 0.3) is 0 Å². The maximum Gasteiger partial charge on any atom is 0.227 e. The lowest BCUT2D eigenvalue weighted by atomic mass is 10.0. The summed E-state index contributed by atoms with van der Waals surface area (Å²) in [5, 5.41) is 4.35. The molecule has 0 spiro atoms. The van der Waals surface area contributed by atoms with Gasteiger partial charge in [0.15, 0.2) is 11.5 Å². The Bertz CT molecular complexity index is 963. The van der Waals surface area contributed by atoms with Gasteiger partial charge in [-0.1, -0.05) is 23.2 Å². The van der Waals surface area contributed by atoms with Gasteiger partial charge in [0.1, 0.15) is 0 Å². The summed E-state index contributed by atoms with van der Waals surface area (Å²) in [6.07, 6.45) is 2.09. The van der Waals surface area contributed by atoms with Crippen LogP contribution in [-0.2, 0) is 17.6 Å². The average molecular weight is 495 g/mol. The number of ether oxygens (including phenoxy) is 2. The predicted molar refractivity (Wildman–Crippen MR) is 135 cm³/mol. The molecule has 1 amide bonds. The van der Waals surface area contributed by atoms with Crippen molar-refractivity contribution in [2.24, 2.45) is 0 Å². The van der Waals surface area contributed by atoms with Gasteiger partial charge in [0.05, 0.1) is 36.4 Å². The maximum atomic E-state index is 12.8. The molecule has 2 aromatic carbocycles. The van der Waals surface area contributed by atoms with Crippen molar-refractivity contribution < 1.29 is 14.3 Å². The molecule has 1 aliphatic rings. The van der Waals surface area contributed by atoms with Crippen LogP contribution in [0, 0.1) is 0 Å². The lowest BCUT2D eigenvalue weighted by molar-refractivity contribution is -0.130. The molecule has 0 atom stereocenters. The molecule has 1 aliphatic heterocycles. The Morgan fingerprint density at radius 3 is 2.33 bits per heavy atom. The number of hydrogen-bond acceptors (Lipinski definition) is 6. The number of likely N-dealkylation sites (N-methyl/N-ethyl adjacent to an activating group) is 1. The third-order valence-corrected chi connectivity index (χ3v) is 6.59. The first kappa shape index (κ1) is 25.3. The van der Waals surface area contributed by atoms with Gasteiger partial charge in [-0.3, -0.25) is 4.79 Å². The number of carbonyl (C=O) groups is 1. The van der Waals surface area contributed by atoms with Crippen molar-refractivity contribution in [2.45, 2.75) is 19.3 Å². The number of rotatable bonds is 10. The zero-order valence-corrected chi connectivity index (χ0v) is 20.9. The normalized spacial score (nSPS) is 13.5. The van der Waals surface area contributed by atoms with Crippen molar-refractivity contribution >= 4 is 40.5 Å². The summed E-state index contributed by atoms with van der Waals surface area (Å²) in [6.45, 7) is 3.86. The van der Waals surface area contributed by atoms with Gasteiger partial charge in [-0.2, -0.15) is 0 Å². The minimum Gasteiger partial charge on any atom is -0.493 e. The van der Waals surface area contributed by atoms with E-state index in [2.05, 4.69) is 10.2 Å². The van der Waals surface area contributed by atoms with Gasteiger partial charge in [-0.05, 0) is 54.8 Å². The second-order valence-corrected chi connectivity index (χ2v) is 8.95. The molecule has 1 heterocycles. The molecule has 0 bridgehead atoms. The molecule has 3 N–H and O–H groups in total. The highest BCUT2D eigenvalue weighted by Gasteiger charge is 2.22. The molecule has 2 aromatic rings. The summed E-state index contributed by atoms with van der Waals surface area (Å²) in [5.74, 6) is 1.52. The number of hydrogen-bond donors (Lipinski definition) is 2. The lowest BCUT2D eigenvalue weighted by Crippen LogP contribution is -2.35. The number of halogens is 2. The minimum absolute atomic E-state index is 0.151. The summed E-state index contributed by atoms with van der Waals surface area (Å²) in [7, 11) is 5.22. The number of nitrogen functional groups attached to an aromatic ring is 1. The predicted octanol–water partition coefficient (Wildman–Crippen LogP) is 3.64. The molecule has 0 radical (unpaired) electrons. The topological polar surface area (TPSA) is 80.1 Å². The Kier molecular flexibility index (Phi) is 8.95. The number of anilines is 2. The third kappa shape index (κ3) is 6.37. The summed E-state index contributed by atoms with van der Waals surface area (Å²) in [6, 6.07) is 7.55. The van der Waals surface area contributed by atoms with E-state index in [-0.39, 0.29) is 5.91 Å². The quantitative estimate of drug-likeness (QED) is 0.387. The highest BCUT2D eigenvalue weighted by molar-refractivity contribution is 6.39. The van der Waals surface area contributed by atoms with Crippen LogP contribution < -0.4 is 25.4 Å². The number of nitrogens with two attached hydrogens (primary N) is 1. The molecular formula is C24H32Cl2N4O3. The van der Waals surface area contributed by atoms with Crippen LogP contribution in [0.4, 0.5) is 11.4 Å². The molecule has 0 unspecified atom stereocenters. The van der Waals surface area contributed by atoms with E-state index < -0.39 is 0 Å². The van der Waals surface area contributed by atoms with Gasteiger partial charge in [0.25, 0.3) is 0 Å². The molecule has 9 heteroatoms. The van der Waals surface area contributed by atoms with E-state index in [1.807, 2.05) is 36.2 Å². The first-order valence-corrected chi connectivity index (χ1v) is 11.8. The number of methoxy groups -OCH3 is 2. The molecule has 3 rings (SSSR count). The van der Waals surface area contributed by atoms with Crippen molar-refractivity contribution in [3.05, 3.63) is 45.4 Å². The number of amides is 1. The summed E-state index contributed by atoms with van der Waals surface area (Å²) >= 11 is 12.3. The number of fused-ring (bicyclic) bond motifs is 1. The monoisotopic (exact) mass is 494 g/mol. The van der Waals surface area contributed by atoms with Crippen LogP contribution >= 0.6 is 23.2 Å². The standard InChI is InChI=1S/C24H32Cl2N4O3/c1-29(18-14-19(25)24(27)20(26)15-18)10-7-28-6-4-8-30-9-5-16-11-21(32-2)22(33-3)12-17(16)13-23(30)31/h11-12,14-15,28H,4-10,13,27H2,1-3H3. The fourth-order valence-corrected chi connectivity index (χ4v) is 4.41. The fourth-order valence-electron chi connectivity index (χ4n) is 3.94. The first-order valence-electron chi connectivity index (χ1n) is 11.0. The molecule has 0 saturated heterocycles. The Balaban J connectivity index is 1.42. The Morgan fingerprint density at radius 2 is 1.70 bits per heavy atom. The Labute approximate surface area is 205 Å². The van der Waals surface area contributed by atoms with E-state index in [0.717, 1.165) is 55.8 Å². The van der Waals surface area contributed by atoms with Crippen molar-refractivity contribution in [3.63, 3.8) is 0 Å². The summed E-state index contributed by atoms with van der Waals surface area (Å²) in [5.41, 5.74) is 9.29. The van der Waals surface area contributed by atoms with E-state index in [4.69, 9.17) is 38.4 Å². The summed E-state index contributed by atoms with van der Waals surface area (Å²) in [4.78, 5) is 16.8. The highest BCUT2D eigenvalue weighted by Crippen LogP contribution is 2.33. The van der Waals surface area contributed by atoms with Gasteiger partial charge >= 0.3 is 0 Å². The zero-order valence-electron chi connectivity index (χ0n) is 19.4. The molecule has 0 aromatic heterocycles. The second kappa shape index (κ2) is 11.7. The van der Waals surface area contributed by atoms with Crippen molar-refractivity contribution in [1.29, 1.82) is 0 Å². The number of carbonyl (C=O) groups excluding carboxylic acids is 1. The van der Waals surface area contributed by atoms with E-state index in [1.165, 1.54) is 0 Å². The van der Waals surface area contributed by atoms with Gasteiger partial charge < -0.3 is 30.3 Å². The smallest absolute Gasteiger partial charge is 0.227 e. The SMILES string of the molecule is COc1cc2c(cc1OC)CC(=O)N(CCCNCCN(C)c1cc(Cl)c(N)c(Cl)c1)CC2. The number of benzene rings is 2. The van der Waals surface area contributed by atoms with Gasteiger partial charge in [-0.15, -0.1) is 0 Å². The van der Waals surface area contributed by atoms with Crippen LogP contribution in [0.2, 0.25) is 10.0 Å². The van der Waals surface area contributed by atoms with E-state index >= 15 is 0 Å². The molecule has 0 aliphatic carbocycles. The van der Waals surface area contributed by atoms with Crippen molar-refractivity contribution in [1.82, 2.24) is 10.2 Å². The van der Waals surface area contributed by atoms with Crippen LogP contribution in [0.5, 0.6) is 11.5 Å². The van der Waals surface area contributed by atoms with Gasteiger partial charge in [0, 0.05) is 38.9 Å². The van der Waals surface area contributed by atoms with Gasteiger partial charge in [0.2, 0.25) is 5.91 Å². The molecule has 180 valence electrons. The van der Waals surface area contributed by atoms with E-state index in [0.29, 0.717) is 40.2 Å². The van der Waals surface area contributed by atoms with Crippen LogP contribution in [0.15, 0.2) is 24.3 Å². The largest absolute Gasteiger partial charge is 0.493 e. The van der Waals surface area contributed by atoms with Crippen molar-refractivity contribution in [3.8, 4) is 11.5 Å². The highest BCUT2D eigenvalue weighted by atomic mass is 35.5. The van der Waals surface area contributed by atoms with Crippen LogP contribution in [-0.4, -0.2) is 64.8 Å². The van der Waals surface area contributed by atoms with Gasteiger partial charge in [-0.25, -0.2) is 0 Å². The van der Waals surface area contributed by atoms with Crippen LogP contribution in [0.1, 0.15) is 17.5 Å². The molecule has 0 saturated carbocycles. The average Bonchev–Trinajstić information content (AvgIpc) is 2.95. The Hall–Kier alpha value is -2.35. The maximum absolute atomic E-state index is 12.8. The molecular weight excluding hydrogens is 463 g/mol. The Morgan fingerprint density at radius 1 is 1.06 bits per heavy atom. The first-order chi connectivity index (χ1) is 15.8. The van der Waals surface area contributed by atoms with Crippen molar-refractivity contribution in [2.75, 3.05) is 64.6 Å². The zero-order chi connectivity index (χ0) is 24.0. The van der Waals surface area contributed by atoms with E-state index in [9.17, 15) is 4.79 Å². The second-order valence-electron chi connectivity index (χ2n) is 8.13. The fraction of sp³-hybridized carbons (Fsp3) is 0.458. The van der Waals surface area contributed by atoms with E-state index in [1.54, 1.807) is 14.2 Å². The van der Waals surface area contributed by atoms with Crippen LogP contribution in [0.3, 0.4) is 0 Å². The summed E-state index contributed by atoms with van der Waals surface area (Å²) < 4.78 is 10.8. The third-order valence-electron chi connectivity index (χ3n) is 5.96.